The quantitative estimate of drug-likeness (QED) is 0.168. The molecule has 3 aromatic rings. The first-order valence-electron chi connectivity index (χ1n) is 11.4. The Morgan fingerprint density at radius 3 is 2.32 bits per heavy atom. The zero-order valence-electron chi connectivity index (χ0n) is 20.3. The first-order valence-corrected chi connectivity index (χ1v) is 11.8. The van der Waals surface area contributed by atoms with E-state index in [1.807, 2.05) is 6.92 Å². The number of hydrogen-bond donors (Lipinski definition) is 2. The van der Waals surface area contributed by atoms with Crippen molar-refractivity contribution in [2.45, 2.75) is 13.3 Å². The van der Waals surface area contributed by atoms with Crippen molar-refractivity contribution in [3.8, 4) is 17.2 Å². The van der Waals surface area contributed by atoms with Crippen molar-refractivity contribution in [2.24, 2.45) is 5.10 Å². The average molecular weight is 524 g/mol. The molecule has 0 fully saturated rings. The van der Waals surface area contributed by atoms with Gasteiger partial charge in [-0.3, -0.25) is 9.59 Å². The number of benzene rings is 3. The highest BCUT2D eigenvalue weighted by atomic mass is 35.5. The van der Waals surface area contributed by atoms with E-state index in [1.165, 1.54) is 13.3 Å². The lowest BCUT2D eigenvalue weighted by atomic mass is 10.2. The number of ether oxygens (including phenoxy) is 3. The van der Waals surface area contributed by atoms with E-state index in [0.29, 0.717) is 39.8 Å². The van der Waals surface area contributed by atoms with Gasteiger partial charge in [-0.15, -0.1) is 0 Å². The molecule has 3 aromatic carbocycles. The van der Waals surface area contributed by atoms with Gasteiger partial charge < -0.3 is 19.5 Å². The summed E-state index contributed by atoms with van der Waals surface area (Å²) in [5.41, 5.74) is 3.66. The van der Waals surface area contributed by atoms with Crippen molar-refractivity contribution in [3.63, 3.8) is 0 Å². The van der Waals surface area contributed by atoms with Gasteiger partial charge in [-0.2, -0.15) is 5.10 Å². The maximum atomic E-state index is 12.5. The third-order valence-corrected chi connectivity index (χ3v) is 5.12. The van der Waals surface area contributed by atoms with Crippen molar-refractivity contribution in [3.05, 3.63) is 88.4 Å². The molecule has 37 heavy (non-hydrogen) atoms. The van der Waals surface area contributed by atoms with E-state index < -0.39 is 17.8 Å². The Bertz CT molecular complexity index is 1260. The smallest absolute Gasteiger partial charge is 0.343 e. The number of rotatable bonds is 11. The second-order valence-corrected chi connectivity index (χ2v) is 8.09. The number of hydrogen-bond acceptors (Lipinski definition) is 7. The fraction of sp³-hybridized carbons (Fsp3) is 0.185. The van der Waals surface area contributed by atoms with Gasteiger partial charge in [0.05, 0.1) is 32.0 Å². The zero-order valence-corrected chi connectivity index (χ0v) is 21.1. The molecule has 0 atom stereocenters. The highest BCUT2D eigenvalue weighted by molar-refractivity contribution is 6.30. The predicted molar refractivity (Wildman–Crippen MR) is 140 cm³/mol. The molecule has 0 spiro atoms. The minimum Gasteiger partial charge on any atom is -0.494 e. The Labute approximate surface area is 219 Å². The number of halogens is 1. The number of amides is 2. The first kappa shape index (κ1) is 27.2. The van der Waals surface area contributed by atoms with E-state index in [0.717, 1.165) is 6.42 Å². The largest absolute Gasteiger partial charge is 0.494 e. The molecule has 2 amide bonds. The van der Waals surface area contributed by atoms with Crippen molar-refractivity contribution < 1.29 is 28.6 Å². The lowest BCUT2D eigenvalue weighted by Crippen LogP contribution is -2.34. The molecule has 192 valence electrons. The van der Waals surface area contributed by atoms with Crippen LogP contribution in [0.4, 0.5) is 0 Å². The lowest BCUT2D eigenvalue weighted by molar-refractivity contribution is -0.120. The molecule has 0 radical (unpaired) electrons. The van der Waals surface area contributed by atoms with Crippen LogP contribution < -0.4 is 25.0 Å². The maximum absolute atomic E-state index is 12.5. The van der Waals surface area contributed by atoms with Crippen LogP contribution >= 0.6 is 11.6 Å². The van der Waals surface area contributed by atoms with Gasteiger partial charge in [-0.05, 0) is 78.7 Å². The van der Waals surface area contributed by atoms with Crippen LogP contribution in [0, 0.1) is 0 Å². The number of carbonyl (C=O) groups excluding carboxylic acids is 3. The summed E-state index contributed by atoms with van der Waals surface area (Å²) in [4.78, 5) is 36.6. The summed E-state index contributed by atoms with van der Waals surface area (Å²) in [6.45, 7) is 2.35. The fourth-order valence-corrected chi connectivity index (χ4v) is 3.12. The Morgan fingerprint density at radius 2 is 1.65 bits per heavy atom. The van der Waals surface area contributed by atoms with Crippen LogP contribution in [-0.2, 0) is 4.79 Å². The summed E-state index contributed by atoms with van der Waals surface area (Å²) >= 11 is 5.80. The topological polar surface area (TPSA) is 115 Å². The predicted octanol–water partition coefficient (Wildman–Crippen LogP) is 4.24. The number of nitrogens with one attached hydrogen (secondary N) is 2. The Hall–Kier alpha value is -4.37. The Morgan fingerprint density at radius 1 is 0.946 bits per heavy atom. The summed E-state index contributed by atoms with van der Waals surface area (Å²) in [5, 5.41) is 6.88. The molecule has 0 bridgehead atoms. The van der Waals surface area contributed by atoms with Crippen LogP contribution in [0.3, 0.4) is 0 Å². The number of carbonyl (C=O) groups is 3. The maximum Gasteiger partial charge on any atom is 0.343 e. The second kappa shape index (κ2) is 13.6. The lowest BCUT2D eigenvalue weighted by Gasteiger charge is -2.10. The molecular weight excluding hydrogens is 498 g/mol. The summed E-state index contributed by atoms with van der Waals surface area (Å²) in [6.07, 6.45) is 2.28. The summed E-state index contributed by atoms with van der Waals surface area (Å²) in [7, 11) is 1.44. The molecule has 0 saturated heterocycles. The molecule has 3 rings (SSSR count). The number of esters is 1. The fourth-order valence-electron chi connectivity index (χ4n) is 3.00. The van der Waals surface area contributed by atoms with E-state index in [4.69, 9.17) is 25.8 Å². The van der Waals surface area contributed by atoms with Crippen LogP contribution in [0.25, 0.3) is 0 Å². The van der Waals surface area contributed by atoms with Crippen molar-refractivity contribution >= 4 is 35.6 Å². The molecule has 9 nitrogen and oxygen atoms in total. The van der Waals surface area contributed by atoms with Gasteiger partial charge in [-0.25, -0.2) is 10.2 Å². The van der Waals surface area contributed by atoms with E-state index >= 15 is 0 Å². The molecule has 0 unspecified atom stereocenters. The number of methoxy groups -OCH3 is 1. The van der Waals surface area contributed by atoms with Gasteiger partial charge in [0.1, 0.15) is 5.75 Å². The third kappa shape index (κ3) is 8.36. The van der Waals surface area contributed by atoms with Gasteiger partial charge in [0.2, 0.25) is 0 Å². The number of nitrogens with zero attached hydrogens (tertiary/aromatic N) is 1. The molecule has 0 saturated carbocycles. The average Bonchev–Trinajstić information content (AvgIpc) is 2.91. The molecule has 0 aliphatic carbocycles. The molecular formula is C27H26ClN3O6. The second-order valence-electron chi connectivity index (χ2n) is 7.66. The summed E-state index contributed by atoms with van der Waals surface area (Å²) in [5.74, 6) is -0.259. The minimum absolute atomic E-state index is 0.227. The summed E-state index contributed by atoms with van der Waals surface area (Å²) < 4.78 is 16.3. The van der Waals surface area contributed by atoms with Crippen LogP contribution in [-0.4, -0.2) is 44.3 Å². The van der Waals surface area contributed by atoms with Crippen LogP contribution in [0.5, 0.6) is 17.2 Å². The minimum atomic E-state index is -0.547. The van der Waals surface area contributed by atoms with Crippen molar-refractivity contribution in [1.82, 2.24) is 10.7 Å². The van der Waals surface area contributed by atoms with Crippen LogP contribution in [0.15, 0.2) is 71.8 Å². The highest BCUT2D eigenvalue weighted by Gasteiger charge is 2.13. The van der Waals surface area contributed by atoms with Gasteiger partial charge >= 0.3 is 5.97 Å². The monoisotopic (exact) mass is 523 g/mol. The summed E-state index contributed by atoms with van der Waals surface area (Å²) in [6, 6.07) is 17.8. The van der Waals surface area contributed by atoms with E-state index in [1.54, 1.807) is 66.7 Å². The Balaban J connectivity index is 1.52. The Kier molecular flexibility index (Phi) is 10.0. The molecule has 0 aliphatic heterocycles. The zero-order chi connectivity index (χ0) is 26.6. The first-order chi connectivity index (χ1) is 17.9. The van der Waals surface area contributed by atoms with Crippen LogP contribution in [0.1, 0.15) is 39.6 Å². The third-order valence-electron chi connectivity index (χ3n) is 4.87. The van der Waals surface area contributed by atoms with E-state index in [-0.39, 0.29) is 12.3 Å². The van der Waals surface area contributed by atoms with Crippen LogP contribution in [0.2, 0.25) is 5.02 Å². The van der Waals surface area contributed by atoms with Gasteiger partial charge in [0, 0.05) is 10.6 Å². The van der Waals surface area contributed by atoms with Crippen molar-refractivity contribution in [1.29, 1.82) is 0 Å². The normalized spacial score (nSPS) is 10.6. The molecule has 10 heteroatoms. The molecule has 0 heterocycles. The van der Waals surface area contributed by atoms with Gasteiger partial charge in [0.15, 0.2) is 11.5 Å². The molecule has 2 N–H and O–H groups in total. The van der Waals surface area contributed by atoms with E-state index in [2.05, 4.69) is 15.8 Å². The van der Waals surface area contributed by atoms with Crippen molar-refractivity contribution in [2.75, 3.05) is 20.3 Å². The molecule has 0 aromatic heterocycles. The van der Waals surface area contributed by atoms with Gasteiger partial charge in [0.25, 0.3) is 11.8 Å². The number of hydrazone groups is 1. The SMILES string of the molecule is CCCOc1ccc(C(=O)Oc2ccc(/C=N\NC(=O)CNC(=O)c3ccc(Cl)cc3)cc2OC)cc1. The van der Waals surface area contributed by atoms with E-state index in [9.17, 15) is 14.4 Å². The standard InChI is InChI=1S/C27H26ClN3O6/c1-3-14-36-22-11-7-20(8-12-22)27(34)37-23-13-4-18(15-24(23)35-2)16-30-31-25(32)17-29-26(33)19-5-9-21(28)10-6-19/h4-13,15-16H,3,14,17H2,1-2H3,(H,29,33)(H,31,32)/b30-16-. The van der Waals surface area contributed by atoms with Gasteiger partial charge in [-0.1, -0.05) is 18.5 Å². The molecule has 0 aliphatic rings. The highest BCUT2D eigenvalue weighted by Crippen LogP contribution is 2.28.